The van der Waals surface area contributed by atoms with Gasteiger partial charge in [-0.3, -0.25) is 9.59 Å². The quantitative estimate of drug-likeness (QED) is 0.668. The average molecular weight is 281 g/mol. The summed E-state index contributed by atoms with van der Waals surface area (Å²) in [5, 5.41) is 11.8. The van der Waals surface area contributed by atoms with Crippen LogP contribution in [0, 0.1) is 5.82 Å². The van der Waals surface area contributed by atoms with Crippen molar-refractivity contribution in [2.24, 2.45) is 10.7 Å². The largest absolute Gasteiger partial charge is 0.378 e. The summed E-state index contributed by atoms with van der Waals surface area (Å²) in [4.78, 5) is 27.1. The molecule has 0 saturated carbocycles. The molecule has 2 amide bonds. The molecule has 3 rings (SSSR count). The zero-order valence-corrected chi connectivity index (χ0v) is 10.2. The summed E-state index contributed by atoms with van der Waals surface area (Å²) in [7, 11) is 0. The second-order valence-corrected chi connectivity index (χ2v) is 5.32. The molecule has 0 unspecified atom stereocenters. The molecule has 0 radical (unpaired) electrons. The van der Waals surface area contributed by atoms with Crippen LogP contribution < -0.4 is 11.1 Å². The first-order valence-electron chi connectivity index (χ1n) is 5.31. The number of nitrogens with one attached hydrogen (secondary N) is 1. The highest BCUT2D eigenvalue weighted by Crippen LogP contribution is 2.44. The number of amides is 2. The molecule has 8 heteroatoms. The van der Waals surface area contributed by atoms with Gasteiger partial charge in [-0.25, -0.2) is 4.39 Å². The van der Waals surface area contributed by atoms with E-state index >= 15 is 0 Å². The number of aliphatic hydroxyl groups is 1. The van der Waals surface area contributed by atoms with E-state index in [1.54, 1.807) is 0 Å². The predicted octanol–water partition coefficient (Wildman–Crippen LogP) is -0.0779. The molecule has 1 aromatic rings. The van der Waals surface area contributed by atoms with E-state index in [1.807, 2.05) is 0 Å². The highest BCUT2D eigenvalue weighted by Gasteiger charge is 2.56. The van der Waals surface area contributed by atoms with E-state index in [4.69, 9.17) is 5.73 Å². The third-order valence-electron chi connectivity index (χ3n) is 3.05. The second-order valence-electron chi connectivity index (χ2n) is 4.20. The Labute approximate surface area is 110 Å². The molecule has 2 heterocycles. The zero-order chi connectivity index (χ0) is 13.8. The number of benzene rings is 1. The van der Waals surface area contributed by atoms with Gasteiger partial charge in [-0.1, -0.05) is 11.8 Å². The van der Waals surface area contributed by atoms with Gasteiger partial charge in [0.1, 0.15) is 11.1 Å². The van der Waals surface area contributed by atoms with Gasteiger partial charge in [0.25, 0.3) is 11.8 Å². The number of fused-ring (bicyclic) bond motifs is 1. The normalized spacial score (nSPS) is 29.2. The molecule has 0 fully saturated rings. The van der Waals surface area contributed by atoms with Crippen LogP contribution in [-0.4, -0.2) is 27.3 Å². The highest BCUT2D eigenvalue weighted by atomic mass is 32.2. The molecule has 2 atom stereocenters. The summed E-state index contributed by atoms with van der Waals surface area (Å²) in [6, 6.07) is 3.50. The van der Waals surface area contributed by atoms with Crippen molar-refractivity contribution in [2.75, 3.05) is 5.32 Å². The maximum atomic E-state index is 13.3. The molecule has 0 aliphatic carbocycles. The molecule has 0 spiro atoms. The minimum atomic E-state index is -2.16. The SMILES string of the molecule is NC1=NC(=O)[C@@H]([C@@]2(O)C(=O)Nc3ccc(F)cc32)S1. The van der Waals surface area contributed by atoms with Gasteiger partial charge >= 0.3 is 0 Å². The van der Waals surface area contributed by atoms with Crippen LogP contribution in [0.2, 0.25) is 0 Å². The monoisotopic (exact) mass is 281 g/mol. The Balaban J connectivity index is 2.13. The number of carbonyl (C=O) groups excluding carboxylic acids is 2. The molecule has 19 heavy (non-hydrogen) atoms. The Bertz CT molecular complexity index is 648. The van der Waals surface area contributed by atoms with Crippen molar-refractivity contribution in [1.82, 2.24) is 0 Å². The van der Waals surface area contributed by atoms with Gasteiger partial charge in [0.15, 0.2) is 10.8 Å². The lowest BCUT2D eigenvalue weighted by Crippen LogP contribution is -2.46. The number of amidine groups is 1. The van der Waals surface area contributed by atoms with Crippen molar-refractivity contribution < 1.29 is 19.1 Å². The zero-order valence-electron chi connectivity index (χ0n) is 9.38. The van der Waals surface area contributed by atoms with E-state index in [0.717, 1.165) is 23.9 Å². The van der Waals surface area contributed by atoms with Gasteiger partial charge in [-0.05, 0) is 18.2 Å². The molecule has 1 aromatic carbocycles. The van der Waals surface area contributed by atoms with Crippen molar-refractivity contribution in [3.63, 3.8) is 0 Å². The number of aliphatic imine (C=N–C) groups is 1. The highest BCUT2D eigenvalue weighted by molar-refractivity contribution is 8.15. The number of rotatable bonds is 1. The summed E-state index contributed by atoms with van der Waals surface area (Å²) >= 11 is 0.788. The smallest absolute Gasteiger partial charge is 0.265 e. The van der Waals surface area contributed by atoms with E-state index in [1.165, 1.54) is 6.07 Å². The van der Waals surface area contributed by atoms with Gasteiger partial charge < -0.3 is 16.2 Å². The van der Waals surface area contributed by atoms with Crippen molar-refractivity contribution in [3.05, 3.63) is 29.6 Å². The maximum Gasteiger partial charge on any atom is 0.265 e. The number of nitrogens with zero attached hydrogens (tertiary/aromatic N) is 1. The molecule has 2 aliphatic rings. The molecule has 2 aliphatic heterocycles. The first-order chi connectivity index (χ1) is 8.92. The molecule has 98 valence electrons. The Morgan fingerprint density at radius 1 is 1.47 bits per heavy atom. The second kappa shape index (κ2) is 3.78. The number of halogens is 1. The van der Waals surface area contributed by atoms with Crippen molar-refractivity contribution >= 4 is 34.4 Å². The van der Waals surface area contributed by atoms with Gasteiger partial charge in [-0.15, -0.1) is 0 Å². The average Bonchev–Trinajstić information content (AvgIpc) is 2.80. The molecule has 6 nitrogen and oxygen atoms in total. The molecular weight excluding hydrogens is 273 g/mol. The standard InChI is InChI=1S/C11H8FN3O3S/c12-4-1-2-6-5(3-4)11(18,9(17)14-6)7-8(16)15-10(13)19-7/h1-3,7,18H,(H,14,17)(H2,13,15,16)/t7-,11+/m0/s1. The predicted molar refractivity (Wildman–Crippen MR) is 66.9 cm³/mol. The lowest BCUT2D eigenvalue weighted by atomic mass is 9.91. The fourth-order valence-electron chi connectivity index (χ4n) is 2.17. The summed E-state index contributed by atoms with van der Waals surface area (Å²) in [6.07, 6.45) is 0. The number of hydrogen-bond acceptors (Lipinski definition) is 5. The lowest BCUT2D eigenvalue weighted by Gasteiger charge is -2.24. The van der Waals surface area contributed by atoms with Crippen LogP contribution in [0.4, 0.5) is 10.1 Å². The third-order valence-corrected chi connectivity index (χ3v) is 4.16. The number of hydrogen-bond donors (Lipinski definition) is 3. The topological polar surface area (TPSA) is 105 Å². The Hall–Kier alpha value is -1.93. The summed E-state index contributed by atoms with van der Waals surface area (Å²) in [5.41, 5.74) is 3.54. The summed E-state index contributed by atoms with van der Waals surface area (Å²) in [6.45, 7) is 0. The fourth-order valence-corrected chi connectivity index (χ4v) is 3.11. The van der Waals surface area contributed by atoms with Gasteiger partial charge in [0.2, 0.25) is 0 Å². The fraction of sp³-hybridized carbons (Fsp3) is 0.182. The third kappa shape index (κ3) is 1.57. The number of carbonyl (C=O) groups is 2. The Morgan fingerprint density at radius 3 is 2.84 bits per heavy atom. The number of anilines is 1. The van der Waals surface area contributed by atoms with E-state index in [0.29, 0.717) is 0 Å². The first-order valence-corrected chi connectivity index (χ1v) is 6.19. The Kier molecular flexibility index (Phi) is 2.41. The van der Waals surface area contributed by atoms with Crippen LogP contribution in [0.15, 0.2) is 23.2 Å². The molecule has 0 bridgehead atoms. The summed E-state index contributed by atoms with van der Waals surface area (Å²) < 4.78 is 13.3. The van der Waals surface area contributed by atoms with Crippen LogP contribution in [0.1, 0.15) is 5.56 Å². The van der Waals surface area contributed by atoms with E-state index < -0.39 is 28.5 Å². The van der Waals surface area contributed by atoms with Gasteiger partial charge in [0.05, 0.1) is 0 Å². The van der Waals surface area contributed by atoms with Crippen LogP contribution in [-0.2, 0) is 15.2 Å². The van der Waals surface area contributed by atoms with E-state index in [9.17, 15) is 19.1 Å². The van der Waals surface area contributed by atoms with Crippen molar-refractivity contribution in [2.45, 2.75) is 10.9 Å². The van der Waals surface area contributed by atoms with Crippen LogP contribution >= 0.6 is 11.8 Å². The maximum absolute atomic E-state index is 13.3. The number of nitrogens with two attached hydrogens (primary N) is 1. The summed E-state index contributed by atoms with van der Waals surface area (Å²) in [5.74, 6) is -2.11. The van der Waals surface area contributed by atoms with E-state index in [2.05, 4.69) is 10.3 Å². The minimum absolute atomic E-state index is 0.0215. The van der Waals surface area contributed by atoms with Crippen LogP contribution in [0.5, 0.6) is 0 Å². The first kappa shape index (κ1) is 12.1. The minimum Gasteiger partial charge on any atom is -0.378 e. The van der Waals surface area contributed by atoms with Crippen LogP contribution in [0.3, 0.4) is 0 Å². The van der Waals surface area contributed by atoms with Crippen molar-refractivity contribution in [1.29, 1.82) is 0 Å². The molecule has 0 saturated heterocycles. The molecule has 0 aromatic heterocycles. The van der Waals surface area contributed by atoms with Crippen molar-refractivity contribution in [3.8, 4) is 0 Å². The van der Waals surface area contributed by atoms with E-state index in [-0.39, 0.29) is 16.4 Å². The van der Waals surface area contributed by atoms with Crippen LogP contribution in [0.25, 0.3) is 0 Å². The molecular formula is C11H8FN3O3S. The molecule has 4 N–H and O–H groups in total. The van der Waals surface area contributed by atoms with Gasteiger partial charge in [-0.2, -0.15) is 4.99 Å². The Morgan fingerprint density at radius 2 is 2.21 bits per heavy atom. The number of thioether (sulfide) groups is 1. The lowest BCUT2D eigenvalue weighted by molar-refractivity contribution is -0.138. The van der Waals surface area contributed by atoms with Gasteiger partial charge in [0, 0.05) is 11.3 Å².